The molecule has 0 aromatic rings. The normalized spacial score (nSPS) is 12.9. The van der Waals surface area contributed by atoms with Crippen LogP contribution >= 0.6 is 0 Å². The molecule has 0 amide bonds. The number of hydrogen-bond donors (Lipinski definition) is 0. The van der Waals surface area contributed by atoms with Crippen LogP contribution in [0.15, 0.2) is 48.6 Å². The highest BCUT2D eigenvalue weighted by molar-refractivity contribution is 5.70. The number of unbranched alkanes of at least 4 members (excludes halogenated alkanes) is 48. The fourth-order valence-corrected chi connectivity index (χ4v) is 11.2. The van der Waals surface area contributed by atoms with Crippen molar-refractivity contribution in [1.29, 1.82) is 0 Å². The number of esters is 2. The smallest absolute Gasteiger partial charge is 0.306 e. The third kappa shape index (κ3) is 70.6. The second kappa shape index (κ2) is 69.1. The summed E-state index contributed by atoms with van der Waals surface area (Å²) in [5.41, 5.74) is 0. The maximum absolute atomic E-state index is 13.0. The first-order chi connectivity index (χ1) is 42.6. The van der Waals surface area contributed by atoms with E-state index in [0.717, 1.165) is 44.9 Å². The summed E-state index contributed by atoms with van der Waals surface area (Å²) >= 11 is 0. The van der Waals surface area contributed by atoms with Gasteiger partial charge in [-0.1, -0.05) is 332 Å². The van der Waals surface area contributed by atoms with Gasteiger partial charge in [0.25, 0.3) is 0 Å². The number of allylic oxidation sites excluding steroid dienone is 8. The maximum Gasteiger partial charge on any atom is 0.306 e. The Kier molecular flexibility index (Phi) is 67.0. The highest BCUT2D eigenvalue weighted by Crippen LogP contribution is 2.19. The zero-order chi connectivity index (χ0) is 63.3. The van der Waals surface area contributed by atoms with Crippen LogP contribution in [0.2, 0.25) is 0 Å². The molecule has 0 aliphatic rings. The van der Waals surface area contributed by atoms with Gasteiger partial charge >= 0.3 is 11.9 Å². The molecule has 2 unspecified atom stereocenters. The first-order valence-corrected chi connectivity index (χ1v) is 37.8. The Morgan fingerprint density at radius 3 is 0.931 bits per heavy atom. The highest BCUT2D eigenvalue weighted by Gasteiger charge is 2.22. The highest BCUT2D eigenvalue weighted by atomic mass is 16.7. The van der Waals surface area contributed by atoms with Crippen molar-refractivity contribution in [3.05, 3.63) is 48.6 Å². The van der Waals surface area contributed by atoms with Gasteiger partial charge in [-0.2, -0.15) is 0 Å². The van der Waals surface area contributed by atoms with E-state index in [9.17, 15) is 19.5 Å². The van der Waals surface area contributed by atoms with Crippen LogP contribution in [0.4, 0.5) is 0 Å². The third-order valence-corrected chi connectivity index (χ3v) is 17.0. The molecular formula is C78H145NO8. The van der Waals surface area contributed by atoms with Crippen LogP contribution < -0.4 is 5.11 Å². The first-order valence-electron chi connectivity index (χ1n) is 37.8. The Balaban J connectivity index is 4.03. The summed E-state index contributed by atoms with van der Waals surface area (Å²) in [6, 6.07) is 0. The van der Waals surface area contributed by atoms with Crippen molar-refractivity contribution in [2.75, 3.05) is 47.5 Å². The fourth-order valence-electron chi connectivity index (χ4n) is 11.2. The minimum absolute atomic E-state index is 0.149. The van der Waals surface area contributed by atoms with E-state index < -0.39 is 24.3 Å². The van der Waals surface area contributed by atoms with Gasteiger partial charge < -0.3 is 33.3 Å². The van der Waals surface area contributed by atoms with Crippen LogP contribution in [0.1, 0.15) is 373 Å². The lowest BCUT2D eigenvalue weighted by atomic mass is 10.0. The minimum atomic E-state index is -1.62. The van der Waals surface area contributed by atoms with Gasteiger partial charge in [-0.05, 0) is 77.0 Å². The molecule has 0 N–H and O–H groups in total. The van der Waals surface area contributed by atoms with Gasteiger partial charge in [-0.15, -0.1) is 0 Å². The van der Waals surface area contributed by atoms with Gasteiger partial charge in [-0.3, -0.25) is 9.59 Å². The van der Waals surface area contributed by atoms with Crippen LogP contribution in [0.5, 0.6) is 0 Å². The number of quaternary nitrogens is 1. The number of ether oxygens (including phenoxy) is 4. The number of hydrogen-bond acceptors (Lipinski definition) is 8. The predicted octanol–water partition coefficient (Wildman–Crippen LogP) is 22.4. The number of aliphatic carboxylic acids is 1. The summed E-state index contributed by atoms with van der Waals surface area (Å²) in [6.07, 6.45) is 86.4. The van der Waals surface area contributed by atoms with Crippen LogP contribution in [-0.2, 0) is 33.3 Å². The van der Waals surface area contributed by atoms with Gasteiger partial charge in [-0.25, -0.2) is 0 Å². The van der Waals surface area contributed by atoms with Crippen molar-refractivity contribution >= 4 is 17.9 Å². The molecule has 0 saturated carbocycles. The maximum atomic E-state index is 13.0. The van der Waals surface area contributed by atoms with Crippen molar-refractivity contribution in [1.82, 2.24) is 0 Å². The summed E-state index contributed by atoms with van der Waals surface area (Å²) in [4.78, 5) is 37.6. The summed E-state index contributed by atoms with van der Waals surface area (Å²) < 4.78 is 22.9. The molecule has 0 rings (SSSR count). The number of rotatable bonds is 71. The number of carbonyl (C=O) groups is 3. The lowest BCUT2D eigenvalue weighted by molar-refractivity contribution is -0.870. The zero-order valence-electron chi connectivity index (χ0n) is 58.4. The Morgan fingerprint density at radius 1 is 0.345 bits per heavy atom. The summed E-state index contributed by atoms with van der Waals surface area (Å²) in [5.74, 6) is -2.26. The Bertz CT molecular complexity index is 1570. The summed E-state index contributed by atoms with van der Waals surface area (Å²) in [6.45, 7) is 4.80. The SMILES string of the molecule is CCCCCCC/C=C\C/C=C\C/C=C\CCCCCCCCCCCCCCCCCCC(=O)OC(COC(=O)CCCCCCCCCCCCCCCCCCCCC/C=C\CCCCCCCCCC)COC(OCC[N+](C)(C)C)C(=O)[O-]. The zero-order valence-corrected chi connectivity index (χ0v) is 58.4. The molecular weight excluding hydrogens is 1080 g/mol. The molecule has 0 bridgehead atoms. The second-order valence-corrected chi connectivity index (χ2v) is 26.9. The molecule has 0 aromatic carbocycles. The molecule has 0 aromatic heterocycles. The lowest BCUT2D eigenvalue weighted by Gasteiger charge is -2.26. The molecule has 0 radical (unpaired) electrons. The average Bonchev–Trinajstić information content (AvgIpc) is 3.56. The first kappa shape index (κ1) is 84.2. The lowest BCUT2D eigenvalue weighted by Crippen LogP contribution is -2.44. The van der Waals surface area contributed by atoms with E-state index in [2.05, 4.69) is 62.5 Å². The van der Waals surface area contributed by atoms with E-state index in [1.165, 1.54) is 295 Å². The number of likely N-dealkylation sites (N-methyl/N-ethyl adjacent to an activating group) is 1. The predicted molar refractivity (Wildman–Crippen MR) is 371 cm³/mol. The van der Waals surface area contributed by atoms with E-state index in [1.54, 1.807) is 0 Å². The summed E-state index contributed by atoms with van der Waals surface area (Å²) in [5, 5.41) is 11.8. The van der Waals surface area contributed by atoms with Crippen molar-refractivity contribution < 1.29 is 42.9 Å². The van der Waals surface area contributed by atoms with E-state index in [-0.39, 0.29) is 32.2 Å². The van der Waals surface area contributed by atoms with Crippen LogP contribution in [0.25, 0.3) is 0 Å². The van der Waals surface area contributed by atoms with Crippen LogP contribution in [0.3, 0.4) is 0 Å². The Labute approximate surface area is 540 Å². The number of carboxylic acids is 1. The minimum Gasteiger partial charge on any atom is -0.545 e. The van der Waals surface area contributed by atoms with E-state index in [1.807, 2.05) is 21.1 Å². The number of carbonyl (C=O) groups excluding carboxylic acids is 3. The molecule has 0 fully saturated rings. The molecule has 2 atom stereocenters. The van der Waals surface area contributed by atoms with Gasteiger partial charge in [0, 0.05) is 12.8 Å². The molecule has 9 nitrogen and oxygen atoms in total. The van der Waals surface area contributed by atoms with Crippen molar-refractivity contribution in [3.8, 4) is 0 Å². The van der Waals surface area contributed by atoms with Crippen molar-refractivity contribution in [2.24, 2.45) is 0 Å². The molecule has 510 valence electrons. The summed E-state index contributed by atoms with van der Waals surface area (Å²) in [7, 11) is 5.95. The van der Waals surface area contributed by atoms with Crippen LogP contribution in [-0.4, -0.2) is 82.3 Å². The largest absolute Gasteiger partial charge is 0.545 e. The van der Waals surface area contributed by atoms with Gasteiger partial charge in [0.05, 0.1) is 40.3 Å². The van der Waals surface area contributed by atoms with E-state index >= 15 is 0 Å². The molecule has 9 heteroatoms. The second-order valence-electron chi connectivity index (χ2n) is 26.9. The van der Waals surface area contributed by atoms with Gasteiger partial charge in [0.2, 0.25) is 0 Å². The molecule has 0 aliphatic carbocycles. The van der Waals surface area contributed by atoms with E-state index in [0.29, 0.717) is 23.9 Å². The molecule has 0 aliphatic heterocycles. The number of carboxylic acid groups (broad SMARTS) is 1. The van der Waals surface area contributed by atoms with Crippen molar-refractivity contribution in [2.45, 2.75) is 386 Å². The Hall–Kier alpha value is -2.75. The van der Waals surface area contributed by atoms with Crippen LogP contribution in [0, 0.1) is 0 Å². The Morgan fingerprint density at radius 2 is 0.621 bits per heavy atom. The topological polar surface area (TPSA) is 111 Å². The average molecular weight is 1230 g/mol. The van der Waals surface area contributed by atoms with Gasteiger partial charge in [0.1, 0.15) is 13.2 Å². The number of nitrogens with zero attached hydrogens (tertiary/aromatic N) is 1. The van der Waals surface area contributed by atoms with Gasteiger partial charge in [0.15, 0.2) is 12.4 Å². The molecule has 0 spiro atoms. The molecule has 87 heavy (non-hydrogen) atoms. The van der Waals surface area contributed by atoms with E-state index in [4.69, 9.17) is 18.9 Å². The quantitative estimate of drug-likeness (QED) is 0.0195. The van der Waals surface area contributed by atoms with Crippen molar-refractivity contribution in [3.63, 3.8) is 0 Å². The fraction of sp³-hybridized carbons (Fsp3) is 0.859. The monoisotopic (exact) mass is 1220 g/mol. The standard InChI is InChI=1S/C78H145NO8/c1-6-8-10-12-14-16-18-20-22-24-26-28-30-32-34-36-38-40-42-44-46-48-50-52-54-56-58-60-62-64-66-68-75(80)85-72-74(73-86-78(77(82)83)84-71-70-79(3,4)5)87-76(81)69-67-65-63-61-59-57-55-53-51-49-47-45-43-41-39-37-35-33-31-29-27-25-23-21-19-17-15-13-11-9-7-2/h19,21,24-27,31,33,74,78H,6-18,20,22-23,28-30,32,34-73H2,1-5H3/b21-19-,26-24-,27-25-,33-31-. The molecule has 0 saturated heterocycles. The third-order valence-electron chi connectivity index (χ3n) is 17.0. The molecule has 0 heterocycles.